The molecule has 66 valence electrons. The Morgan fingerprint density at radius 3 is 3.33 bits per heavy atom. The van der Waals surface area contributed by atoms with E-state index in [-0.39, 0.29) is 6.10 Å². The van der Waals surface area contributed by atoms with E-state index in [9.17, 15) is 0 Å². The molecular weight excluding hydrogens is 170 g/mol. The highest BCUT2D eigenvalue weighted by Crippen LogP contribution is 2.33. The van der Waals surface area contributed by atoms with Gasteiger partial charge in [-0.2, -0.15) is 0 Å². The van der Waals surface area contributed by atoms with Crippen molar-refractivity contribution >= 4 is 11.3 Å². The fourth-order valence-electron chi connectivity index (χ4n) is 1.61. The van der Waals surface area contributed by atoms with Crippen LogP contribution in [0.3, 0.4) is 0 Å². The van der Waals surface area contributed by atoms with Gasteiger partial charge in [0, 0.05) is 16.3 Å². The third-order valence-corrected chi connectivity index (χ3v) is 3.35. The van der Waals surface area contributed by atoms with Crippen molar-refractivity contribution in [3.8, 4) is 0 Å². The van der Waals surface area contributed by atoms with E-state index in [4.69, 9.17) is 10.5 Å². The lowest BCUT2D eigenvalue weighted by molar-refractivity contribution is 0.0515. The number of hydrogen-bond donors (Lipinski definition) is 1. The zero-order valence-corrected chi connectivity index (χ0v) is 7.99. The van der Waals surface area contributed by atoms with Crippen molar-refractivity contribution in [1.82, 2.24) is 0 Å². The summed E-state index contributed by atoms with van der Waals surface area (Å²) in [6.07, 6.45) is 1.21. The van der Waals surface area contributed by atoms with Crippen molar-refractivity contribution in [3.05, 3.63) is 21.4 Å². The second-order valence-corrected chi connectivity index (χ2v) is 4.38. The van der Waals surface area contributed by atoms with Crippen molar-refractivity contribution in [1.29, 1.82) is 0 Å². The molecule has 0 aliphatic carbocycles. The van der Waals surface area contributed by atoms with E-state index in [2.05, 4.69) is 13.0 Å². The lowest BCUT2D eigenvalue weighted by Gasteiger charge is -2.21. The summed E-state index contributed by atoms with van der Waals surface area (Å²) < 4.78 is 5.55. The molecule has 1 aromatic rings. The van der Waals surface area contributed by atoms with Crippen LogP contribution >= 0.6 is 11.3 Å². The number of hydrogen-bond acceptors (Lipinski definition) is 3. The molecule has 0 fully saturated rings. The topological polar surface area (TPSA) is 35.2 Å². The smallest absolute Gasteiger partial charge is 0.104 e. The van der Waals surface area contributed by atoms with Crippen LogP contribution in [0.25, 0.3) is 0 Å². The highest BCUT2D eigenvalue weighted by molar-refractivity contribution is 7.12. The molecule has 1 aliphatic rings. The Kier molecular flexibility index (Phi) is 2.17. The number of aryl methyl sites for hydroxylation is 1. The molecule has 0 aromatic carbocycles. The van der Waals surface area contributed by atoms with Crippen LogP contribution in [0, 0.1) is 6.92 Å². The lowest BCUT2D eigenvalue weighted by Crippen LogP contribution is -2.21. The largest absolute Gasteiger partial charge is 0.371 e. The minimum atomic E-state index is 0.160. The minimum absolute atomic E-state index is 0.160. The molecule has 1 unspecified atom stereocenters. The summed E-state index contributed by atoms with van der Waals surface area (Å²) in [5.74, 6) is 0. The number of fused-ring (bicyclic) bond motifs is 1. The van der Waals surface area contributed by atoms with Gasteiger partial charge >= 0.3 is 0 Å². The third-order valence-electron chi connectivity index (χ3n) is 2.16. The van der Waals surface area contributed by atoms with Crippen molar-refractivity contribution in [2.45, 2.75) is 19.4 Å². The second-order valence-electron chi connectivity index (χ2n) is 3.09. The molecule has 2 nitrogen and oxygen atoms in total. The Labute approximate surface area is 76.3 Å². The van der Waals surface area contributed by atoms with Gasteiger partial charge in [-0.1, -0.05) is 0 Å². The number of nitrogens with two attached hydrogens (primary N) is 1. The summed E-state index contributed by atoms with van der Waals surface area (Å²) in [5, 5.41) is 0. The maximum Gasteiger partial charge on any atom is 0.104 e. The molecule has 2 heterocycles. The number of thiophene rings is 1. The first-order valence-corrected chi connectivity index (χ1v) is 5.04. The van der Waals surface area contributed by atoms with Gasteiger partial charge in [-0.25, -0.2) is 0 Å². The Hall–Kier alpha value is -0.380. The quantitative estimate of drug-likeness (QED) is 0.718. The Morgan fingerprint density at radius 1 is 1.75 bits per heavy atom. The van der Waals surface area contributed by atoms with Gasteiger partial charge in [0.2, 0.25) is 0 Å². The SMILES string of the molecule is Cc1cc2c(s1)C(CN)OCC2. The zero-order chi connectivity index (χ0) is 8.55. The van der Waals surface area contributed by atoms with Gasteiger partial charge in [0.15, 0.2) is 0 Å². The molecule has 2 rings (SSSR count). The summed E-state index contributed by atoms with van der Waals surface area (Å²) in [4.78, 5) is 2.71. The van der Waals surface area contributed by atoms with E-state index < -0.39 is 0 Å². The van der Waals surface area contributed by atoms with Crippen LogP contribution in [0.1, 0.15) is 21.4 Å². The predicted molar refractivity (Wildman–Crippen MR) is 50.5 cm³/mol. The summed E-state index contributed by atoms with van der Waals surface area (Å²) >= 11 is 1.82. The van der Waals surface area contributed by atoms with E-state index in [0.717, 1.165) is 13.0 Å². The fraction of sp³-hybridized carbons (Fsp3) is 0.556. The van der Waals surface area contributed by atoms with Crippen LogP contribution in [-0.4, -0.2) is 13.2 Å². The monoisotopic (exact) mass is 183 g/mol. The summed E-state index contributed by atoms with van der Waals surface area (Å²) in [5.41, 5.74) is 7.05. The van der Waals surface area contributed by atoms with Gasteiger partial charge < -0.3 is 10.5 Å². The third kappa shape index (κ3) is 1.28. The maximum absolute atomic E-state index is 5.61. The van der Waals surface area contributed by atoms with Crippen molar-refractivity contribution in [2.75, 3.05) is 13.2 Å². The van der Waals surface area contributed by atoms with E-state index in [1.54, 1.807) is 0 Å². The predicted octanol–water partition coefficient (Wildman–Crippen LogP) is 1.63. The highest BCUT2D eigenvalue weighted by Gasteiger charge is 2.21. The average Bonchev–Trinajstić information content (AvgIpc) is 2.44. The van der Waals surface area contributed by atoms with Gasteiger partial charge in [0.05, 0.1) is 6.61 Å². The summed E-state index contributed by atoms with van der Waals surface area (Å²) in [7, 11) is 0. The van der Waals surface area contributed by atoms with Crippen LogP contribution in [0.2, 0.25) is 0 Å². The molecule has 0 radical (unpaired) electrons. The maximum atomic E-state index is 5.61. The van der Waals surface area contributed by atoms with Gasteiger partial charge in [-0.05, 0) is 25.0 Å². The number of rotatable bonds is 1. The summed E-state index contributed by atoms with van der Waals surface area (Å²) in [6, 6.07) is 2.26. The van der Waals surface area contributed by atoms with Gasteiger partial charge in [-0.3, -0.25) is 0 Å². The van der Waals surface area contributed by atoms with Gasteiger partial charge in [0.25, 0.3) is 0 Å². The average molecular weight is 183 g/mol. The molecule has 2 N–H and O–H groups in total. The Balaban J connectivity index is 2.36. The van der Waals surface area contributed by atoms with Gasteiger partial charge in [0.1, 0.15) is 6.10 Å². The van der Waals surface area contributed by atoms with Crippen molar-refractivity contribution < 1.29 is 4.74 Å². The molecule has 0 bridgehead atoms. The first-order chi connectivity index (χ1) is 5.81. The van der Waals surface area contributed by atoms with E-state index in [1.165, 1.54) is 15.3 Å². The number of ether oxygens (including phenoxy) is 1. The van der Waals surface area contributed by atoms with E-state index in [1.807, 2.05) is 11.3 Å². The molecule has 1 aliphatic heterocycles. The zero-order valence-electron chi connectivity index (χ0n) is 7.17. The molecule has 0 saturated heterocycles. The van der Waals surface area contributed by atoms with Crippen molar-refractivity contribution in [2.24, 2.45) is 5.73 Å². The highest BCUT2D eigenvalue weighted by atomic mass is 32.1. The van der Waals surface area contributed by atoms with Crippen LogP contribution in [0.15, 0.2) is 6.07 Å². The molecule has 3 heteroatoms. The Morgan fingerprint density at radius 2 is 2.58 bits per heavy atom. The second kappa shape index (κ2) is 3.17. The standard InChI is InChI=1S/C9H13NOS/c1-6-4-7-2-3-11-8(5-10)9(7)12-6/h4,8H,2-3,5,10H2,1H3. The molecule has 1 aromatic heterocycles. The molecule has 0 spiro atoms. The van der Waals surface area contributed by atoms with Gasteiger partial charge in [-0.15, -0.1) is 11.3 Å². The fourth-order valence-corrected chi connectivity index (χ4v) is 2.75. The normalized spacial score (nSPS) is 22.3. The first-order valence-electron chi connectivity index (χ1n) is 4.22. The van der Waals surface area contributed by atoms with Crippen LogP contribution in [0.5, 0.6) is 0 Å². The van der Waals surface area contributed by atoms with Crippen LogP contribution in [0.4, 0.5) is 0 Å². The van der Waals surface area contributed by atoms with Crippen molar-refractivity contribution in [3.63, 3.8) is 0 Å². The van der Waals surface area contributed by atoms with Crippen LogP contribution in [-0.2, 0) is 11.2 Å². The molecular formula is C9H13NOS. The minimum Gasteiger partial charge on any atom is -0.371 e. The summed E-state index contributed by atoms with van der Waals surface area (Å²) in [6.45, 7) is 3.56. The Bertz CT molecular complexity index is 282. The van der Waals surface area contributed by atoms with E-state index >= 15 is 0 Å². The van der Waals surface area contributed by atoms with E-state index in [0.29, 0.717) is 6.54 Å². The lowest BCUT2D eigenvalue weighted by atomic mass is 10.1. The molecule has 1 atom stereocenters. The first kappa shape index (κ1) is 8.23. The molecule has 0 amide bonds. The molecule has 0 saturated carbocycles. The molecule has 12 heavy (non-hydrogen) atoms. The van der Waals surface area contributed by atoms with Crippen LogP contribution < -0.4 is 5.73 Å².